The molecule has 20 heteroatoms. The first-order chi connectivity index (χ1) is 25.8. The third-order valence-corrected chi connectivity index (χ3v) is 8.40. The van der Waals surface area contributed by atoms with E-state index in [0.29, 0.717) is 28.2 Å². The standard InChI is InChI=1S/C34H45N11O9/c1-17(29(48)30-41-43-44-42-30)37-32(50)24-14-20-5-7-26(53-11-9-35)22(13-20)23-15-21(6-8-27(23)54-12-10-36)28(33(51)38-18(2)31(49)40-24)45(4)34(52)25(16-46)39-19(3)47/h5-8,13,15,17-18,24-25,28,46H,9-12,14,16,35-36H2,1-4H3,(H,37,50)(H,38,51)(H,39,47)(H,40,49)(H,41,42,43,44)/t17-,18-,24-,25-,28-/m0/s1. The Balaban J connectivity index is 1.88. The zero-order chi connectivity index (χ0) is 39.5. The number of tetrazole rings is 1. The van der Waals surface area contributed by atoms with E-state index in [2.05, 4.69) is 41.9 Å². The van der Waals surface area contributed by atoms with E-state index in [1.54, 1.807) is 36.4 Å². The van der Waals surface area contributed by atoms with E-state index in [4.69, 9.17) is 20.9 Å². The van der Waals surface area contributed by atoms with E-state index < -0.39 is 72.1 Å². The number of H-pyrrole nitrogens is 1. The second-order valence-electron chi connectivity index (χ2n) is 12.5. The minimum atomic E-state index is -1.42. The Morgan fingerprint density at radius 2 is 1.63 bits per heavy atom. The quantitative estimate of drug-likeness (QED) is 0.0789. The lowest BCUT2D eigenvalue weighted by atomic mass is 9.93. The summed E-state index contributed by atoms with van der Waals surface area (Å²) in [5.41, 5.74) is 13.2. The second-order valence-corrected chi connectivity index (χ2v) is 12.5. The normalized spacial score (nSPS) is 18.2. The lowest BCUT2D eigenvalue weighted by Gasteiger charge is -2.32. The van der Waals surface area contributed by atoms with Crippen molar-refractivity contribution in [3.8, 4) is 22.6 Å². The summed E-state index contributed by atoms with van der Waals surface area (Å²) in [6.07, 6.45) is -0.0720. The smallest absolute Gasteiger partial charge is 0.248 e. The van der Waals surface area contributed by atoms with Gasteiger partial charge in [0, 0.05) is 44.6 Å². The van der Waals surface area contributed by atoms with Gasteiger partial charge in [-0.05, 0) is 59.7 Å². The molecule has 1 aliphatic rings. The summed E-state index contributed by atoms with van der Waals surface area (Å²) in [5.74, 6) is -3.75. The number of rotatable bonds is 14. The van der Waals surface area contributed by atoms with Crippen molar-refractivity contribution in [1.82, 2.24) is 46.8 Å². The molecule has 290 valence electrons. The fraction of sp³-hybridized carbons (Fsp3) is 0.441. The number of hydrogen-bond acceptors (Lipinski definition) is 14. The number of nitrogens with one attached hydrogen (secondary N) is 5. The van der Waals surface area contributed by atoms with Crippen LogP contribution in [0.1, 0.15) is 48.6 Å². The number of aromatic nitrogens is 4. The van der Waals surface area contributed by atoms with E-state index in [0.717, 1.165) is 4.90 Å². The predicted octanol–water partition coefficient (Wildman–Crippen LogP) is -2.53. The fourth-order valence-corrected chi connectivity index (χ4v) is 5.73. The molecular weight excluding hydrogens is 706 g/mol. The molecule has 4 bridgehead atoms. The van der Waals surface area contributed by atoms with Crippen molar-refractivity contribution in [3.05, 3.63) is 53.3 Å². The molecular formula is C34H45N11O9. The van der Waals surface area contributed by atoms with E-state index in [1.807, 2.05) is 0 Å². The van der Waals surface area contributed by atoms with Crippen molar-refractivity contribution >= 4 is 35.3 Å². The summed E-state index contributed by atoms with van der Waals surface area (Å²) in [6.45, 7) is 3.84. The Morgan fingerprint density at radius 3 is 2.22 bits per heavy atom. The molecule has 3 aromatic rings. The van der Waals surface area contributed by atoms with Crippen molar-refractivity contribution in [3.63, 3.8) is 0 Å². The van der Waals surface area contributed by atoms with Gasteiger partial charge in [-0.1, -0.05) is 12.1 Å². The summed E-state index contributed by atoms with van der Waals surface area (Å²) in [7, 11) is 1.32. The van der Waals surface area contributed by atoms with Gasteiger partial charge in [0.05, 0.1) is 12.6 Å². The molecule has 2 aromatic carbocycles. The first kappa shape index (κ1) is 40.8. The highest BCUT2D eigenvalue weighted by Gasteiger charge is 2.36. The van der Waals surface area contributed by atoms with Gasteiger partial charge in [0.1, 0.15) is 48.9 Å². The molecule has 10 N–H and O–H groups in total. The van der Waals surface area contributed by atoms with E-state index in [-0.39, 0.29) is 44.1 Å². The third kappa shape index (κ3) is 9.90. The number of fused-ring (bicyclic) bond motifs is 5. The van der Waals surface area contributed by atoms with Crippen LogP contribution in [-0.4, -0.2) is 130 Å². The molecule has 4 rings (SSSR count). The number of carbonyl (C=O) groups is 6. The molecule has 0 radical (unpaired) electrons. The van der Waals surface area contributed by atoms with E-state index in [1.165, 1.54) is 27.8 Å². The van der Waals surface area contributed by atoms with Gasteiger partial charge >= 0.3 is 0 Å². The largest absolute Gasteiger partial charge is 0.492 e. The van der Waals surface area contributed by atoms with Gasteiger partial charge in [-0.15, -0.1) is 5.10 Å². The van der Waals surface area contributed by atoms with Crippen molar-refractivity contribution in [2.24, 2.45) is 11.5 Å². The number of amides is 5. The number of carbonyl (C=O) groups excluding carboxylic acids is 6. The summed E-state index contributed by atoms with van der Waals surface area (Å²) in [4.78, 5) is 80.9. The van der Waals surface area contributed by atoms with E-state index in [9.17, 15) is 33.9 Å². The first-order valence-corrected chi connectivity index (χ1v) is 17.1. The number of nitrogens with two attached hydrogens (primary N) is 2. The summed E-state index contributed by atoms with van der Waals surface area (Å²) < 4.78 is 12.0. The molecule has 5 atom stereocenters. The maximum Gasteiger partial charge on any atom is 0.248 e. The molecule has 1 aliphatic heterocycles. The monoisotopic (exact) mass is 751 g/mol. The number of likely N-dealkylation sites (N-methyl/N-ethyl adjacent to an activating group) is 1. The van der Waals surface area contributed by atoms with Crippen LogP contribution in [0.2, 0.25) is 0 Å². The predicted molar refractivity (Wildman–Crippen MR) is 191 cm³/mol. The topological polar surface area (TPSA) is 299 Å². The van der Waals surface area contributed by atoms with Crippen LogP contribution in [0.25, 0.3) is 11.1 Å². The maximum absolute atomic E-state index is 14.2. The highest BCUT2D eigenvalue weighted by molar-refractivity contribution is 6.00. The number of ether oxygens (including phenoxy) is 2. The van der Waals surface area contributed by atoms with E-state index >= 15 is 0 Å². The zero-order valence-corrected chi connectivity index (χ0v) is 30.3. The van der Waals surface area contributed by atoms with Crippen LogP contribution >= 0.6 is 0 Å². The molecule has 0 spiro atoms. The SMILES string of the molecule is CC(=O)N[C@@H](CO)C(=O)N(C)[C@@H]1C(=O)N[C@@H](C)C(=O)N[C@H](C(=O)N[C@@H](C)C(=O)c2nnn[nH]2)Cc2ccc(OCCN)c(c2)-c2cc1ccc2OCCN. The van der Waals surface area contributed by atoms with Gasteiger partial charge < -0.3 is 52.2 Å². The van der Waals surface area contributed by atoms with Gasteiger partial charge in [-0.25, -0.2) is 5.10 Å². The summed E-state index contributed by atoms with van der Waals surface area (Å²) in [6, 6.07) is 3.43. The minimum Gasteiger partial charge on any atom is -0.492 e. The first-order valence-electron chi connectivity index (χ1n) is 17.1. The highest BCUT2D eigenvalue weighted by Crippen LogP contribution is 2.40. The van der Waals surface area contributed by atoms with Gasteiger partial charge in [0.15, 0.2) is 0 Å². The Hall–Kier alpha value is -5.99. The number of ketones is 1. The van der Waals surface area contributed by atoms with Crippen LogP contribution < -0.4 is 42.2 Å². The van der Waals surface area contributed by atoms with Crippen LogP contribution in [0.4, 0.5) is 0 Å². The van der Waals surface area contributed by atoms with Crippen LogP contribution in [0.15, 0.2) is 36.4 Å². The molecule has 2 heterocycles. The molecule has 0 fully saturated rings. The summed E-state index contributed by atoms with van der Waals surface area (Å²) >= 11 is 0. The number of aliphatic hydroxyl groups is 1. The van der Waals surface area contributed by atoms with Crippen LogP contribution in [0.3, 0.4) is 0 Å². The average Bonchev–Trinajstić information content (AvgIpc) is 3.69. The Labute approximate surface area is 310 Å². The Bertz CT molecular complexity index is 1840. The molecule has 20 nitrogen and oxygen atoms in total. The molecule has 1 aromatic heterocycles. The van der Waals surface area contributed by atoms with Crippen molar-refractivity contribution < 1.29 is 43.3 Å². The number of hydrogen-bond donors (Lipinski definition) is 8. The molecule has 5 amide bonds. The molecule has 0 unspecified atom stereocenters. The minimum absolute atomic E-state index is 0.0720. The number of aliphatic hydroxyl groups excluding tert-OH is 1. The van der Waals surface area contributed by atoms with Crippen LogP contribution in [0, 0.1) is 0 Å². The van der Waals surface area contributed by atoms with Gasteiger partial charge in [0.25, 0.3) is 0 Å². The van der Waals surface area contributed by atoms with Gasteiger partial charge in [-0.3, -0.25) is 28.8 Å². The Kier molecular flexibility index (Phi) is 14.1. The van der Waals surface area contributed by atoms with Crippen molar-refractivity contribution in [2.45, 2.75) is 57.4 Å². The molecule has 0 saturated heterocycles. The lowest BCUT2D eigenvalue weighted by Crippen LogP contribution is -2.57. The Morgan fingerprint density at radius 1 is 0.981 bits per heavy atom. The van der Waals surface area contributed by atoms with Crippen molar-refractivity contribution in [2.75, 3.05) is 40.0 Å². The second kappa shape index (κ2) is 18.7. The number of benzene rings is 2. The van der Waals surface area contributed by atoms with Gasteiger partial charge in [0.2, 0.25) is 41.1 Å². The fourth-order valence-electron chi connectivity index (χ4n) is 5.73. The number of nitrogens with zero attached hydrogens (tertiary/aromatic N) is 4. The van der Waals surface area contributed by atoms with Crippen molar-refractivity contribution in [1.29, 1.82) is 0 Å². The maximum atomic E-state index is 14.2. The summed E-state index contributed by atoms with van der Waals surface area (Å²) in [5, 5.41) is 32.9. The third-order valence-electron chi connectivity index (χ3n) is 8.40. The molecule has 0 aliphatic carbocycles. The van der Waals surface area contributed by atoms with Crippen LogP contribution in [-0.2, 0) is 30.4 Å². The van der Waals surface area contributed by atoms with Crippen LogP contribution in [0.5, 0.6) is 11.5 Å². The highest BCUT2D eigenvalue weighted by atomic mass is 16.5. The number of Topliss-reactive ketones (excluding diaryl/α,β-unsaturated/α-hetero) is 1. The average molecular weight is 752 g/mol. The molecule has 54 heavy (non-hydrogen) atoms. The van der Waals surface area contributed by atoms with Gasteiger partial charge in [-0.2, -0.15) is 0 Å². The zero-order valence-electron chi connectivity index (χ0n) is 30.3. The number of aromatic amines is 1. The lowest BCUT2D eigenvalue weighted by molar-refractivity contribution is -0.143. The molecule has 0 saturated carbocycles.